The molecule has 0 unspecified atom stereocenters. The molecule has 0 aliphatic rings. The molecule has 3 aromatic heterocycles. The predicted molar refractivity (Wildman–Crippen MR) is 140 cm³/mol. The smallest absolute Gasteiger partial charge is 0.262 e. The van der Waals surface area contributed by atoms with Crippen molar-refractivity contribution in [1.29, 1.82) is 0 Å². The number of benzene rings is 3. The molecule has 170 valence electrons. The second-order valence-electron chi connectivity index (χ2n) is 8.42. The molecule has 6 aromatic rings. The minimum Gasteiger partial charge on any atom is -0.491 e. The molecule has 3 heterocycles. The molecular formula is C30H23N3O2. The molecule has 0 bridgehead atoms. The first kappa shape index (κ1) is 20.9. The number of hydrogen-bond donors (Lipinski definition) is 0. The Hall–Kier alpha value is -4.64. The SMILES string of the molecule is COc1cccnc1Oc1cccc(-c2ccc3c4ccccc4n(-c4cc(C)ccn4)c3c2)c1. The van der Waals surface area contributed by atoms with Gasteiger partial charge in [-0.3, -0.25) is 4.57 Å². The van der Waals surface area contributed by atoms with Gasteiger partial charge in [0.1, 0.15) is 11.6 Å². The monoisotopic (exact) mass is 457 g/mol. The number of pyridine rings is 2. The highest BCUT2D eigenvalue weighted by Gasteiger charge is 2.14. The minimum atomic E-state index is 0.438. The molecule has 0 fully saturated rings. The van der Waals surface area contributed by atoms with Crippen LogP contribution in [-0.4, -0.2) is 21.6 Å². The van der Waals surface area contributed by atoms with E-state index in [1.54, 1.807) is 13.3 Å². The molecule has 0 aliphatic heterocycles. The average molecular weight is 458 g/mol. The summed E-state index contributed by atoms with van der Waals surface area (Å²) in [7, 11) is 1.61. The first-order chi connectivity index (χ1) is 17.2. The number of methoxy groups -OCH3 is 1. The molecule has 0 aliphatic carbocycles. The third-order valence-electron chi connectivity index (χ3n) is 6.14. The number of fused-ring (bicyclic) bond motifs is 3. The highest BCUT2D eigenvalue weighted by atomic mass is 16.5. The third-order valence-corrected chi connectivity index (χ3v) is 6.14. The number of hydrogen-bond acceptors (Lipinski definition) is 4. The normalized spacial score (nSPS) is 11.1. The van der Waals surface area contributed by atoms with E-state index in [2.05, 4.69) is 76.1 Å². The summed E-state index contributed by atoms with van der Waals surface area (Å²) < 4.78 is 13.7. The largest absolute Gasteiger partial charge is 0.491 e. The summed E-state index contributed by atoms with van der Waals surface area (Å²) in [5, 5.41) is 2.40. The fraction of sp³-hybridized carbons (Fsp3) is 0.0667. The Bertz CT molecular complexity index is 1690. The molecular weight excluding hydrogens is 434 g/mol. The van der Waals surface area contributed by atoms with E-state index < -0.39 is 0 Å². The fourth-order valence-electron chi connectivity index (χ4n) is 4.50. The lowest BCUT2D eigenvalue weighted by atomic mass is 10.0. The van der Waals surface area contributed by atoms with Gasteiger partial charge in [-0.15, -0.1) is 0 Å². The molecule has 0 radical (unpaired) electrons. The van der Waals surface area contributed by atoms with Gasteiger partial charge in [-0.25, -0.2) is 9.97 Å². The lowest BCUT2D eigenvalue weighted by Crippen LogP contribution is -1.97. The molecule has 6 rings (SSSR count). The van der Waals surface area contributed by atoms with Crippen molar-refractivity contribution < 1.29 is 9.47 Å². The van der Waals surface area contributed by atoms with Crippen LogP contribution in [0.15, 0.2) is 103 Å². The number of aromatic nitrogens is 3. The Morgan fingerprint density at radius 2 is 1.54 bits per heavy atom. The summed E-state index contributed by atoms with van der Waals surface area (Å²) in [6.07, 6.45) is 3.55. The van der Waals surface area contributed by atoms with E-state index in [0.717, 1.165) is 28.0 Å². The molecule has 5 nitrogen and oxygen atoms in total. The van der Waals surface area contributed by atoms with Crippen LogP contribution in [0, 0.1) is 6.92 Å². The number of rotatable bonds is 5. The third kappa shape index (κ3) is 3.77. The van der Waals surface area contributed by atoms with Gasteiger partial charge in [0.05, 0.1) is 18.1 Å². The summed E-state index contributed by atoms with van der Waals surface area (Å²) in [4.78, 5) is 8.99. The Morgan fingerprint density at radius 3 is 2.43 bits per heavy atom. The van der Waals surface area contributed by atoms with Crippen LogP contribution in [-0.2, 0) is 0 Å². The van der Waals surface area contributed by atoms with Crippen LogP contribution in [0.2, 0.25) is 0 Å². The van der Waals surface area contributed by atoms with E-state index in [1.807, 2.05) is 42.6 Å². The van der Waals surface area contributed by atoms with E-state index in [4.69, 9.17) is 9.47 Å². The standard InChI is InChI=1S/C30H23N3O2/c1-20-14-16-31-29(17-20)33-26-10-4-3-9-24(26)25-13-12-22(19-27(25)33)21-7-5-8-23(18-21)35-30-28(34-2)11-6-15-32-30/h3-19H,1-2H3. The van der Waals surface area contributed by atoms with Crippen LogP contribution >= 0.6 is 0 Å². The van der Waals surface area contributed by atoms with Gasteiger partial charge in [0.25, 0.3) is 5.88 Å². The van der Waals surface area contributed by atoms with Crippen molar-refractivity contribution in [2.45, 2.75) is 6.92 Å². The molecule has 35 heavy (non-hydrogen) atoms. The topological polar surface area (TPSA) is 49.2 Å². The van der Waals surface area contributed by atoms with Crippen LogP contribution in [0.1, 0.15) is 5.56 Å². The van der Waals surface area contributed by atoms with Gasteiger partial charge in [0.15, 0.2) is 5.75 Å². The first-order valence-corrected chi connectivity index (χ1v) is 11.4. The summed E-state index contributed by atoms with van der Waals surface area (Å²) in [6, 6.07) is 30.8. The summed E-state index contributed by atoms with van der Waals surface area (Å²) in [6.45, 7) is 2.09. The van der Waals surface area contributed by atoms with Gasteiger partial charge < -0.3 is 9.47 Å². The fourth-order valence-corrected chi connectivity index (χ4v) is 4.50. The van der Waals surface area contributed by atoms with Crippen molar-refractivity contribution in [3.05, 3.63) is 109 Å². The molecule has 0 N–H and O–H groups in total. The maximum Gasteiger partial charge on any atom is 0.262 e. The lowest BCUT2D eigenvalue weighted by molar-refractivity contribution is 0.369. The van der Waals surface area contributed by atoms with Crippen LogP contribution in [0.5, 0.6) is 17.4 Å². The average Bonchev–Trinajstić information content (AvgIpc) is 3.23. The molecule has 0 amide bonds. The number of para-hydroxylation sites is 1. The van der Waals surface area contributed by atoms with Gasteiger partial charge in [-0.1, -0.05) is 42.5 Å². The second kappa shape index (κ2) is 8.61. The van der Waals surface area contributed by atoms with E-state index in [9.17, 15) is 0 Å². The van der Waals surface area contributed by atoms with Crippen LogP contribution in [0.4, 0.5) is 0 Å². The first-order valence-electron chi connectivity index (χ1n) is 11.4. The summed E-state index contributed by atoms with van der Waals surface area (Å²) >= 11 is 0. The van der Waals surface area contributed by atoms with Gasteiger partial charge in [0, 0.05) is 23.2 Å². The maximum absolute atomic E-state index is 6.05. The lowest BCUT2D eigenvalue weighted by Gasteiger charge is -2.11. The molecule has 0 spiro atoms. The molecule has 0 saturated heterocycles. The predicted octanol–water partition coefficient (Wildman–Crippen LogP) is 7.35. The van der Waals surface area contributed by atoms with E-state index in [1.165, 1.54) is 16.3 Å². The van der Waals surface area contributed by atoms with Crippen LogP contribution < -0.4 is 9.47 Å². The molecule has 5 heteroatoms. The van der Waals surface area contributed by atoms with Crippen LogP contribution in [0.25, 0.3) is 38.8 Å². The van der Waals surface area contributed by atoms with Crippen molar-refractivity contribution >= 4 is 21.8 Å². The number of ether oxygens (including phenoxy) is 2. The van der Waals surface area contributed by atoms with Gasteiger partial charge >= 0.3 is 0 Å². The molecule has 0 atom stereocenters. The van der Waals surface area contributed by atoms with E-state index in [-0.39, 0.29) is 0 Å². The zero-order chi connectivity index (χ0) is 23.8. The maximum atomic E-state index is 6.05. The van der Waals surface area contributed by atoms with E-state index >= 15 is 0 Å². The van der Waals surface area contributed by atoms with Crippen molar-refractivity contribution in [1.82, 2.24) is 14.5 Å². The molecule has 0 saturated carbocycles. The van der Waals surface area contributed by atoms with Gasteiger partial charge in [0.2, 0.25) is 0 Å². The van der Waals surface area contributed by atoms with Crippen molar-refractivity contribution in [3.8, 4) is 34.3 Å². The Balaban J connectivity index is 1.48. The Kier molecular flexibility index (Phi) is 5.15. The highest BCUT2D eigenvalue weighted by molar-refractivity contribution is 6.10. The number of aryl methyl sites for hydroxylation is 1. The quantitative estimate of drug-likeness (QED) is 0.272. The second-order valence-corrected chi connectivity index (χ2v) is 8.42. The Morgan fingerprint density at radius 1 is 0.686 bits per heavy atom. The zero-order valence-electron chi connectivity index (χ0n) is 19.5. The highest BCUT2D eigenvalue weighted by Crippen LogP contribution is 2.36. The summed E-state index contributed by atoms with van der Waals surface area (Å²) in [5.74, 6) is 2.64. The van der Waals surface area contributed by atoms with Gasteiger partial charge in [-0.2, -0.15) is 0 Å². The van der Waals surface area contributed by atoms with Crippen LogP contribution in [0.3, 0.4) is 0 Å². The zero-order valence-corrected chi connectivity index (χ0v) is 19.5. The van der Waals surface area contributed by atoms with Gasteiger partial charge in [-0.05, 0) is 72.1 Å². The van der Waals surface area contributed by atoms with Crippen molar-refractivity contribution in [2.24, 2.45) is 0 Å². The minimum absolute atomic E-state index is 0.438. The number of nitrogens with zero attached hydrogens (tertiary/aromatic N) is 3. The van der Waals surface area contributed by atoms with Crippen molar-refractivity contribution in [2.75, 3.05) is 7.11 Å². The van der Waals surface area contributed by atoms with Crippen molar-refractivity contribution in [3.63, 3.8) is 0 Å². The summed E-state index contributed by atoms with van der Waals surface area (Å²) in [5.41, 5.74) is 5.56. The van der Waals surface area contributed by atoms with E-state index in [0.29, 0.717) is 17.4 Å². The Labute approximate surface area is 203 Å². The molecule has 3 aromatic carbocycles.